The van der Waals surface area contributed by atoms with E-state index in [1.54, 1.807) is 0 Å². The molecule has 15 rings (SSSR count). The second kappa shape index (κ2) is 19.0. The highest BCUT2D eigenvalue weighted by Gasteiger charge is 2.50. The smallest absolute Gasteiger partial charge is 0.128 e. The number of rotatable bonds is 9. The van der Waals surface area contributed by atoms with Crippen molar-refractivity contribution >= 4 is 77.4 Å². The van der Waals surface area contributed by atoms with E-state index in [9.17, 15) is 0 Å². The molecule has 0 amide bonds. The number of thiophene rings is 1. The average Bonchev–Trinajstić information content (AvgIpc) is 3.93. The van der Waals surface area contributed by atoms with E-state index in [0.717, 1.165) is 67.9 Å². The number of benzene rings is 12. The van der Waals surface area contributed by atoms with Crippen LogP contribution in [0.5, 0.6) is 0 Å². The first-order valence-corrected chi connectivity index (χ1v) is 28.1. The summed E-state index contributed by atoms with van der Waals surface area (Å²) < 4.78 is 32.6. The molecule has 1 spiro atoms. The fourth-order valence-electron chi connectivity index (χ4n) is 12.4. The van der Waals surface area contributed by atoms with Gasteiger partial charge in [-0.15, -0.1) is 11.3 Å². The summed E-state index contributed by atoms with van der Waals surface area (Å²) in [5.41, 5.74) is 18.7. The van der Waals surface area contributed by atoms with Crippen LogP contribution in [-0.4, -0.2) is 0 Å². The Morgan fingerprint density at radius 1 is 0.291 bits per heavy atom. The van der Waals surface area contributed by atoms with Gasteiger partial charge in [-0.2, -0.15) is 0 Å². The summed E-state index contributed by atoms with van der Waals surface area (Å²) in [7, 11) is 0. The third-order valence-electron chi connectivity index (χ3n) is 15.8. The van der Waals surface area contributed by atoms with Gasteiger partial charge in [-0.3, -0.25) is 0 Å². The van der Waals surface area contributed by atoms with Gasteiger partial charge in [-0.25, -0.2) is 8.78 Å². The summed E-state index contributed by atoms with van der Waals surface area (Å²) in [5.74, 6) is -1.29. The number of hydrogen-bond donors (Lipinski definition) is 0. The van der Waals surface area contributed by atoms with E-state index < -0.39 is 17.0 Å². The molecule has 0 radical (unpaired) electrons. The molecule has 2 nitrogen and oxygen atoms in total. The van der Waals surface area contributed by atoms with Gasteiger partial charge in [0.05, 0.1) is 11.1 Å². The van der Waals surface area contributed by atoms with Crippen LogP contribution in [0.4, 0.5) is 42.9 Å². The summed E-state index contributed by atoms with van der Waals surface area (Å²) in [6.07, 6.45) is 0. The number of nitrogens with zero attached hydrogens (tertiary/aromatic N) is 2. The number of para-hydroxylation sites is 1. The van der Waals surface area contributed by atoms with Gasteiger partial charge < -0.3 is 9.80 Å². The van der Waals surface area contributed by atoms with E-state index in [4.69, 9.17) is 0 Å². The summed E-state index contributed by atoms with van der Waals surface area (Å²) in [6.45, 7) is 0. The molecular weight excluding hydrogens is 1010 g/mol. The highest BCUT2D eigenvalue weighted by atomic mass is 32.2. The van der Waals surface area contributed by atoms with Gasteiger partial charge in [-0.1, -0.05) is 182 Å². The lowest BCUT2D eigenvalue weighted by Gasteiger charge is -2.40. The van der Waals surface area contributed by atoms with Crippen molar-refractivity contribution in [3.05, 3.63) is 313 Å². The van der Waals surface area contributed by atoms with Crippen LogP contribution in [0, 0.1) is 11.6 Å². The van der Waals surface area contributed by atoms with E-state index in [0.29, 0.717) is 5.69 Å². The minimum Gasteiger partial charge on any atom is -0.310 e. The summed E-state index contributed by atoms with van der Waals surface area (Å²) >= 11 is 3.69. The molecule has 12 aromatic carbocycles. The van der Waals surface area contributed by atoms with Crippen molar-refractivity contribution in [2.24, 2.45) is 0 Å². The van der Waals surface area contributed by atoms with E-state index in [-0.39, 0.29) is 0 Å². The maximum atomic E-state index is 15.0. The third-order valence-corrected chi connectivity index (χ3v) is 18.2. The van der Waals surface area contributed by atoms with Gasteiger partial charge in [0, 0.05) is 64.5 Å². The van der Waals surface area contributed by atoms with Crippen LogP contribution in [0.3, 0.4) is 0 Å². The molecule has 13 aromatic rings. The normalized spacial score (nSPS) is 12.7. The quantitative estimate of drug-likeness (QED) is 0.142. The fraction of sp³-hybridized carbons (Fsp3) is 0.0137. The summed E-state index contributed by atoms with van der Waals surface area (Å²) in [4.78, 5) is 6.69. The van der Waals surface area contributed by atoms with Crippen molar-refractivity contribution in [2.45, 2.75) is 15.2 Å². The van der Waals surface area contributed by atoms with Crippen LogP contribution in [-0.2, 0) is 5.41 Å². The van der Waals surface area contributed by atoms with E-state index in [1.165, 1.54) is 75.5 Å². The molecule has 0 saturated carbocycles. The molecule has 1 aromatic heterocycles. The summed E-state index contributed by atoms with van der Waals surface area (Å²) in [6, 6.07) is 97.4. The lowest BCUT2D eigenvalue weighted by Crippen LogP contribution is -2.32. The number of anilines is 6. The maximum absolute atomic E-state index is 15.0. The van der Waals surface area contributed by atoms with Crippen molar-refractivity contribution in [3.63, 3.8) is 0 Å². The van der Waals surface area contributed by atoms with Crippen molar-refractivity contribution in [3.8, 4) is 44.5 Å². The molecule has 0 N–H and O–H groups in total. The second-order valence-corrected chi connectivity index (χ2v) is 22.4. The molecule has 2 aliphatic rings. The van der Waals surface area contributed by atoms with Gasteiger partial charge in [0.2, 0.25) is 0 Å². The predicted molar refractivity (Wildman–Crippen MR) is 326 cm³/mol. The zero-order valence-electron chi connectivity index (χ0n) is 42.5. The van der Waals surface area contributed by atoms with Crippen molar-refractivity contribution in [1.82, 2.24) is 0 Å². The zero-order valence-corrected chi connectivity index (χ0v) is 44.2. The Balaban J connectivity index is 0.927. The maximum Gasteiger partial charge on any atom is 0.128 e. The predicted octanol–water partition coefficient (Wildman–Crippen LogP) is 21.1. The molecule has 6 heteroatoms. The lowest BCUT2D eigenvalue weighted by atomic mass is 9.67. The Morgan fingerprint density at radius 2 is 0.785 bits per heavy atom. The topological polar surface area (TPSA) is 6.48 Å². The molecule has 1 aliphatic carbocycles. The van der Waals surface area contributed by atoms with Crippen LogP contribution in [0.2, 0.25) is 0 Å². The van der Waals surface area contributed by atoms with E-state index in [1.807, 2.05) is 70.5 Å². The van der Waals surface area contributed by atoms with Gasteiger partial charge in [-0.05, 0) is 170 Å². The SMILES string of the molecule is Fc1cc(F)cc(N(c2ccccc2)c2ccc(N(c3ccc(-c4ccc5sc6ccccc6c5c4)cc3)c3cc(-c4ccccc4)cc(-c4cccc5c4Sc4ccccc4C54c5ccccc5-c5ccccc54)c3)cc2)c1. The largest absolute Gasteiger partial charge is 0.310 e. The average molecular weight is 1050 g/mol. The molecule has 0 unspecified atom stereocenters. The monoisotopic (exact) mass is 1050 g/mol. The second-order valence-electron chi connectivity index (χ2n) is 20.3. The number of fused-ring (bicyclic) bond motifs is 12. The zero-order chi connectivity index (χ0) is 52.6. The Hall–Kier alpha value is -9.33. The van der Waals surface area contributed by atoms with Crippen LogP contribution in [0.15, 0.2) is 289 Å². The molecule has 79 heavy (non-hydrogen) atoms. The standard InChI is InChI=1S/C73H46F2N2S2/c74-52-44-53(75)46-59(45-52)76(54-18-5-2-6-19-54)56-35-37-57(38-36-56)77(55-33-30-48(31-34-55)49-32-39-70-64(43-49)63-22-9-13-28-69(63)78-70)58-41-50(47-16-3-1-4-17-47)40-51(42-58)60-23-15-27-68-72(60)79-71-29-14-12-26-67(71)73(68)65-24-10-7-20-61(65)62-21-8-11-25-66(62)73/h1-46H. The van der Waals surface area contributed by atoms with E-state index >= 15 is 8.78 Å². The Kier molecular flexibility index (Phi) is 11.3. The molecule has 0 atom stereocenters. The third kappa shape index (κ3) is 7.81. The first-order chi connectivity index (χ1) is 39.0. The molecular formula is C73H46F2N2S2. The Morgan fingerprint density at radius 3 is 1.48 bits per heavy atom. The fourth-order valence-corrected chi connectivity index (χ4v) is 14.8. The van der Waals surface area contributed by atoms with Crippen molar-refractivity contribution in [1.29, 1.82) is 0 Å². The highest BCUT2D eigenvalue weighted by Crippen LogP contribution is 2.63. The molecule has 0 saturated heterocycles. The minimum atomic E-state index is -0.643. The lowest BCUT2D eigenvalue weighted by molar-refractivity contribution is 0.584. The Labute approximate surface area is 465 Å². The summed E-state index contributed by atoms with van der Waals surface area (Å²) in [5, 5.41) is 2.53. The molecule has 0 fully saturated rings. The van der Waals surface area contributed by atoms with Crippen molar-refractivity contribution < 1.29 is 8.78 Å². The molecule has 0 bridgehead atoms. The minimum absolute atomic E-state index is 0.385. The van der Waals surface area contributed by atoms with Crippen LogP contribution < -0.4 is 9.80 Å². The number of halogens is 2. The number of hydrogen-bond acceptors (Lipinski definition) is 4. The van der Waals surface area contributed by atoms with Crippen LogP contribution in [0.25, 0.3) is 64.7 Å². The van der Waals surface area contributed by atoms with E-state index in [2.05, 4.69) is 223 Å². The van der Waals surface area contributed by atoms with Gasteiger partial charge in [0.1, 0.15) is 11.6 Å². The molecule has 2 heterocycles. The van der Waals surface area contributed by atoms with Gasteiger partial charge in [0.15, 0.2) is 0 Å². The van der Waals surface area contributed by atoms with Crippen molar-refractivity contribution in [2.75, 3.05) is 9.80 Å². The molecule has 374 valence electrons. The van der Waals surface area contributed by atoms with Crippen LogP contribution in [0.1, 0.15) is 22.3 Å². The van der Waals surface area contributed by atoms with Gasteiger partial charge >= 0.3 is 0 Å². The molecule has 1 aliphatic heterocycles. The first-order valence-electron chi connectivity index (χ1n) is 26.5. The highest BCUT2D eigenvalue weighted by molar-refractivity contribution is 7.99. The first kappa shape index (κ1) is 46.9. The Bertz CT molecular complexity index is 4430. The van der Waals surface area contributed by atoms with Crippen LogP contribution >= 0.6 is 23.1 Å². The van der Waals surface area contributed by atoms with Gasteiger partial charge in [0.25, 0.3) is 0 Å².